The summed E-state index contributed by atoms with van der Waals surface area (Å²) < 4.78 is 14.4. The molecule has 1 aliphatic heterocycles. The van der Waals surface area contributed by atoms with Gasteiger partial charge in [-0.25, -0.2) is 9.37 Å². The van der Waals surface area contributed by atoms with Gasteiger partial charge in [0, 0.05) is 30.9 Å². The van der Waals surface area contributed by atoms with Gasteiger partial charge in [-0.15, -0.1) is 0 Å². The van der Waals surface area contributed by atoms with Crippen LogP contribution in [0.2, 0.25) is 0 Å². The number of pyridine rings is 1. The highest BCUT2D eigenvalue weighted by Gasteiger charge is 2.29. The molecule has 1 saturated heterocycles. The van der Waals surface area contributed by atoms with Crippen LogP contribution in [0.4, 0.5) is 10.2 Å². The molecule has 0 bridgehead atoms. The molecule has 2 rings (SSSR count). The molecule has 1 aromatic heterocycles. The van der Waals surface area contributed by atoms with E-state index in [1.807, 2.05) is 6.92 Å². The molecule has 1 fully saturated rings. The van der Waals surface area contributed by atoms with Crippen LogP contribution in [-0.4, -0.2) is 24.1 Å². The summed E-state index contributed by atoms with van der Waals surface area (Å²) in [7, 11) is 0. The standard InChI is InChI=1S/C14H22FN3/c1-4-16-8-12-5-6-17-14(13(12)15)18-9-10(2)7-11(18)3/h5-6,10-11,16H,4,7-9H2,1-3H3. The Balaban J connectivity index is 2.23. The lowest BCUT2D eigenvalue weighted by molar-refractivity contribution is 0.576. The third kappa shape index (κ3) is 2.64. The first kappa shape index (κ1) is 13.3. The third-order valence-electron chi connectivity index (χ3n) is 3.57. The van der Waals surface area contributed by atoms with E-state index in [-0.39, 0.29) is 5.82 Å². The van der Waals surface area contributed by atoms with Crippen molar-refractivity contribution in [1.29, 1.82) is 0 Å². The van der Waals surface area contributed by atoms with Crippen molar-refractivity contribution in [2.24, 2.45) is 5.92 Å². The Hall–Kier alpha value is -1.16. The Bertz CT molecular complexity index is 408. The minimum atomic E-state index is -0.167. The van der Waals surface area contributed by atoms with Crippen molar-refractivity contribution in [2.75, 3.05) is 18.0 Å². The monoisotopic (exact) mass is 251 g/mol. The van der Waals surface area contributed by atoms with Crippen molar-refractivity contribution in [3.63, 3.8) is 0 Å². The van der Waals surface area contributed by atoms with Crippen LogP contribution >= 0.6 is 0 Å². The molecule has 18 heavy (non-hydrogen) atoms. The summed E-state index contributed by atoms with van der Waals surface area (Å²) in [5, 5.41) is 3.16. The minimum Gasteiger partial charge on any atom is -0.351 e. The highest BCUT2D eigenvalue weighted by atomic mass is 19.1. The molecule has 0 amide bonds. The van der Waals surface area contributed by atoms with E-state index in [4.69, 9.17) is 0 Å². The van der Waals surface area contributed by atoms with Crippen LogP contribution in [-0.2, 0) is 6.54 Å². The van der Waals surface area contributed by atoms with Crippen molar-refractivity contribution in [2.45, 2.75) is 39.8 Å². The van der Waals surface area contributed by atoms with Crippen LogP contribution in [0, 0.1) is 11.7 Å². The summed E-state index contributed by atoms with van der Waals surface area (Å²) in [5.41, 5.74) is 0.702. The van der Waals surface area contributed by atoms with E-state index >= 15 is 0 Å². The lowest BCUT2D eigenvalue weighted by atomic mass is 10.1. The normalized spacial score (nSPS) is 23.7. The van der Waals surface area contributed by atoms with Gasteiger partial charge < -0.3 is 10.2 Å². The zero-order valence-electron chi connectivity index (χ0n) is 11.4. The molecule has 0 spiro atoms. The average Bonchev–Trinajstić information content (AvgIpc) is 2.67. The summed E-state index contributed by atoms with van der Waals surface area (Å²) in [5.74, 6) is 0.959. The van der Waals surface area contributed by atoms with E-state index in [0.29, 0.717) is 29.9 Å². The summed E-state index contributed by atoms with van der Waals surface area (Å²) >= 11 is 0. The molecule has 0 aliphatic carbocycles. The van der Waals surface area contributed by atoms with Gasteiger partial charge in [0.2, 0.25) is 0 Å². The van der Waals surface area contributed by atoms with Crippen LogP contribution in [0.5, 0.6) is 0 Å². The number of hydrogen-bond acceptors (Lipinski definition) is 3. The summed E-state index contributed by atoms with van der Waals surface area (Å²) in [6.45, 7) is 8.67. The van der Waals surface area contributed by atoms with Crippen LogP contribution in [0.25, 0.3) is 0 Å². The molecule has 1 aliphatic rings. The predicted octanol–water partition coefficient (Wildman–Crippen LogP) is 2.56. The highest BCUT2D eigenvalue weighted by molar-refractivity contribution is 5.45. The van der Waals surface area contributed by atoms with Crippen LogP contribution in [0.15, 0.2) is 12.3 Å². The molecular weight excluding hydrogens is 229 g/mol. The van der Waals surface area contributed by atoms with E-state index in [2.05, 4.69) is 29.0 Å². The highest BCUT2D eigenvalue weighted by Crippen LogP contribution is 2.29. The fourth-order valence-corrected chi connectivity index (χ4v) is 2.66. The zero-order valence-corrected chi connectivity index (χ0v) is 11.4. The topological polar surface area (TPSA) is 28.2 Å². The van der Waals surface area contributed by atoms with E-state index in [0.717, 1.165) is 19.5 Å². The van der Waals surface area contributed by atoms with Gasteiger partial charge in [-0.2, -0.15) is 0 Å². The first-order chi connectivity index (χ1) is 8.63. The predicted molar refractivity (Wildman–Crippen MR) is 72.2 cm³/mol. The Morgan fingerprint density at radius 1 is 1.50 bits per heavy atom. The van der Waals surface area contributed by atoms with Gasteiger partial charge in [0.15, 0.2) is 11.6 Å². The van der Waals surface area contributed by atoms with Gasteiger partial charge in [-0.05, 0) is 31.9 Å². The lowest BCUT2D eigenvalue weighted by Gasteiger charge is -2.23. The molecule has 100 valence electrons. The van der Waals surface area contributed by atoms with Crippen molar-refractivity contribution < 1.29 is 4.39 Å². The number of hydrogen-bond donors (Lipinski definition) is 1. The van der Waals surface area contributed by atoms with Crippen LogP contribution < -0.4 is 10.2 Å². The number of rotatable bonds is 4. The molecule has 0 saturated carbocycles. The van der Waals surface area contributed by atoms with Gasteiger partial charge >= 0.3 is 0 Å². The fraction of sp³-hybridized carbons (Fsp3) is 0.643. The number of halogens is 1. The van der Waals surface area contributed by atoms with E-state index in [1.165, 1.54) is 0 Å². The van der Waals surface area contributed by atoms with Gasteiger partial charge in [0.1, 0.15) is 0 Å². The smallest absolute Gasteiger partial charge is 0.170 e. The average molecular weight is 251 g/mol. The lowest BCUT2D eigenvalue weighted by Crippen LogP contribution is -2.29. The molecule has 1 N–H and O–H groups in total. The first-order valence-corrected chi connectivity index (χ1v) is 6.74. The van der Waals surface area contributed by atoms with Crippen LogP contribution in [0.1, 0.15) is 32.8 Å². The molecule has 1 aromatic rings. The van der Waals surface area contributed by atoms with Crippen molar-refractivity contribution in [1.82, 2.24) is 10.3 Å². The van der Waals surface area contributed by atoms with E-state index in [1.54, 1.807) is 12.3 Å². The Morgan fingerprint density at radius 3 is 2.89 bits per heavy atom. The van der Waals surface area contributed by atoms with Crippen molar-refractivity contribution >= 4 is 5.82 Å². The van der Waals surface area contributed by atoms with E-state index in [9.17, 15) is 4.39 Å². The molecule has 0 radical (unpaired) electrons. The minimum absolute atomic E-state index is 0.167. The van der Waals surface area contributed by atoms with Gasteiger partial charge in [0.05, 0.1) is 0 Å². The Labute approximate surface area is 108 Å². The third-order valence-corrected chi connectivity index (χ3v) is 3.57. The van der Waals surface area contributed by atoms with Crippen molar-refractivity contribution in [3.8, 4) is 0 Å². The number of nitrogens with zero attached hydrogens (tertiary/aromatic N) is 2. The SMILES string of the molecule is CCNCc1ccnc(N2CC(C)CC2C)c1F. The largest absolute Gasteiger partial charge is 0.351 e. The number of aromatic nitrogens is 1. The summed E-state index contributed by atoms with van der Waals surface area (Å²) in [6.07, 6.45) is 2.82. The Kier molecular flexibility index (Phi) is 4.17. The molecule has 2 atom stereocenters. The van der Waals surface area contributed by atoms with Crippen LogP contribution in [0.3, 0.4) is 0 Å². The molecule has 4 heteroatoms. The molecule has 0 aromatic carbocycles. The maximum atomic E-state index is 14.4. The molecular formula is C14H22FN3. The second-order valence-electron chi connectivity index (χ2n) is 5.23. The van der Waals surface area contributed by atoms with Gasteiger partial charge in [0.25, 0.3) is 0 Å². The van der Waals surface area contributed by atoms with E-state index < -0.39 is 0 Å². The van der Waals surface area contributed by atoms with Crippen molar-refractivity contribution in [3.05, 3.63) is 23.6 Å². The fourth-order valence-electron chi connectivity index (χ4n) is 2.66. The second kappa shape index (κ2) is 5.65. The number of nitrogens with one attached hydrogen (secondary N) is 1. The summed E-state index contributed by atoms with van der Waals surface area (Å²) in [6, 6.07) is 2.13. The Morgan fingerprint density at radius 2 is 2.28 bits per heavy atom. The second-order valence-corrected chi connectivity index (χ2v) is 5.23. The zero-order chi connectivity index (χ0) is 13.1. The first-order valence-electron chi connectivity index (χ1n) is 6.74. The summed E-state index contributed by atoms with van der Waals surface area (Å²) in [4.78, 5) is 6.33. The maximum Gasteiger partial charge on any atom is 0.170 e. The van der Waals surface area contributed by atoms with Gasteiger partial charge in [-0.1, -0.05) is 13.8 Å². The quantitative estimate of drug-likeness (QED) is 0.891. The molecule has 2 unspecified atom stereocenters. The molecule has 2 heterocycles. The van der Waals surface area contributed by atoms with Gasteiger partial charge in [-0.3, -0.25) is 0 Å². The number of anilines is 1. The maximum absolute atomic E-state index is 14.4. The molecule has 3 nitrogen and oxygen atoms in total.